The van der Waals surface area contributed by atoms with Crippen LogP contribution in [-0.2, 0) is 41.3 Å². The summed E-state index contributed by atoms with van der Waals surface area (Å²) in [7, 11) is -13.6. The smallest absolute Gasteiger partial charge is 0.418 e. The fraction of sp³-hybridized carbons (Fsp3) is 0.379. The van der Waals surface area contributed by atoms with Crippen molar-refractivity contribution in [3.05, 3.63) is 200 Å². The Balaban J connectivity index is 0.000000137. The van der Waals surface area contributed by atoms with E-state index >= 15 is 0 Å². The number of halogens is 8. The highest BCUT2D eigenvalue weighted by molar-refractivity contribution is 7.66. The summed E-state index contributed by atoms with van der Waals surface area (Å²) in [5.74, 6) is 0. The van der Waals surface area contributed by atoms with E-state index in [-0.39, 0.29) is 0 Å². The minimum Gasteiger partial charge on any atom is -0.418 e. The first-order valence-electron chi connectivity index (χ1n) is 25.6. The van der Waals surface area contributed by atoms with Crippen LogP contribution in [0.3, 0.4) is 0 Å². The maximum Gasteiger partial charge on any atom is 0.673 e. The predicted octanol–water partition coefficient (Wildman–Crippen LogP) is 16.5. The number of aryl methyl sites for hydroxylation is 4. The topological polar surface area (TPSA) is 9.23 Å². The van der Waals surface area contributed by atoms with Crippen molar-refractivity contribution in [3.8, 4) is 0 Å². The van der Waals surface area contributed by atoms with Gasteiger partial charge in [0.2, 0.25) is 0 Å². The van der Waals surface area contributed by atoms with Crippen molar-refractivity contribution < 1.29 is 39.3 Å². The van der Waals surface area contributed by atoms with Crippen LogP contribution in [0, 0.1) is 0 Å². The Labute approximate surface area is 417 Å². The zero-order valence-corrected chi connectivity index (χ0v) is 43.1. The third-order valence-electron chi connectivity index (χ3n) is 16.7. The average molecular weight is 1010 g/mol. The molecule has 13 rings (SSSR count). The van der Waals surface area contributed by atoms with Crippen LogP contribution in [0.25, 0.3) is 0 Å². The van der Waals surface area contributed by atoms with Crippen LogP contribution in [0.15, 0.2) is 133 Å². The third kappa shape index (κ3) is 10.3. The Hall–Kier alpha value is -4.29. The first-order valence-corrected chi connectivity index (χ1v) is 28.9. The zero-order valence-electron chi connectivity index (χ0n) is 41.1. The largest absolute Gasteiger partial charge is 0.673 e. The molecule has 7 aliphatic rings. The quantitative estimate of drug-likeness (QED) is 0.0954. The lowest BCUT2D eigenvalue weighted by Gasteiger charge is -2.37. The molecule has 6 aromatic rings. The summed E-state index contributed by atoms with van der Waals surface area (Å²) in [6.45, 7) is 12.1. The number of benzene rings is 6. The van der Waals surface area contributed by atoms with Crippen LogP contribution in [0.2, 0.25) is 0 Å². The Morgan fingerprint density at radius 2 is 0.634 bits per heavy atom. The molecule has 3 heterocycles. The fourth-order valence-electron chi connectivity index (χ4n) is 14.2. The highest BCUT2D eigenvalue weighted by Crippen LogP contribution is 2.69. The number of rotatable bonds is 2. The Bertz CT molecular complexity index is 2480. The van der Waals surface area contributed by atoms with E-state index in [4.69, 9.17) is 4.74 Å². The predicted molar refractivity (Wildman–Crippen MR) is 283 cm³/mol. The van der Waals surface area contributed by atoms with E-state index in [9.17, 15) is 34.5 Å². The number of hydrogen-bond donors (Lipinski definition) is 0. The Kier molecular flexibility index (Phi) is 15.2. The SMILES string of the molecule is C1CCOC1.C[C@@H]1c2cccc3c2C2(CC3)CCc3cccc(c32)[C@@H](C)[PH+]1c1ccccc1.C[C@@H]1c2cccc3c2C2(CC3)CCc3cccc(c32)[C@@H](C)[PH+]1c1ccccc1.F[B-](F)(F)F.F[B-](F)(F)F. The molecule has 0 unspecified atom stereocenters. The highest BCUT2D eigenvalue weighted by Gasteiger charge is 2.54. The van der Waals surface area contributed by atoms with Crippen LogP contribution in [-0.4, -0.2) is 27.7 Å². The molecule has 4 atom stereocenters. The molecule has 2 spiro atoms. The van der Waals surface area contributed by atoms with Gasteiger partial charge in [0.15, 0.2) is 0 Å². The van der Waals surface area contributed by atoms with Crippen molar-refractivity contribution in [3.63, 3.8) is 0 Å². The van der Waals surface area contributed by atoms with Gasteiger partial charge in [-0.15, -0.1) is 0 Å². The Morgan fingerprint density at radius 3 is 0.859 bits per heavy atom. The summed E-state index contributed by atoms with van der Waals surface area (Å²) < 4.78 is 82.9. The Morgan fingerprint density at radius 1 is 0.380 bits per heavy atom. The van der Waals surface area contributed by atoms with Gasteiger partial charge in [0.1, 0.15) is 0 Å². The van der Waals surface area contributed by atoms with Crippen molar-refractivity contribution in [2.24, 2.45) is 0 Å². The molecule has 6 aromatic carbocycles. The second-order valence-electron chi connectivity index (χ2n) is 20.5. The molecule has 4 aliphatic carbocycles. The molecule has 0 aromatic heterocycles. The van der Waals surface area contributed by atoms with Gasteiger partial charge in [-0.05, 0) is 183 Å². The van der Waals surface area contributed by atoms with Crippen LogP contribution < -0.4 is 10.6 Å². The zero-order chi connectivity index (χ0) is 50.3. The second-order valence-corrected chi connectivity index (χ2v) is 27.0. The minimum absolute atomic E-state index is 0.296. The van der Waals surface area contributed by atoms with Crippen LogP contribution in [0.1, 0.15) is 156 Å². The van der Waals surface area contributed by atoms with Gasteiger partial charge in [-0.25, -0.2) is 0 Å². The van der Waals surface area contributed by atoms with Crippen molar-refractivity contribution in [1.82, 2.24) is 0 Å². The molecule has 0 bridgehead atoms. The molecule has 374 valence electrons. The van der Waals surface area contributed by atoms with Crippen LogP contribution >= 0.6 is 15.8 Å². The summed E-state index contributed by atoms with van der Waals surface area (Å²) in [5, 5.41) is 3.18. The van der Waals surface area contributed by atoms with E-state index in [1.165, 1.54) is 64.2 Å². The molecule has 1 nitrogen and oxygen atoms in total. The van der Waals surface area contributed by atoms with E-state index < -0.39 is 30.4 Å². The van der Waals surface area contributed by atoms with Gasteiger partial charge >= 0.3 is 14.5 Å². The minimum atomic E-state index is -6.00. The lowest BCUT2D eigenvalue weighted by atomic mass is 9.72. The number of ether oxygens (including phenoxy) is 1. The van der Waals surface area contributed by atoms with Gasteiger partial charge in [-0.2, -0.15) is 0 Å². The first-order chi connectivity index (χ1) is 33.9. The van der Waals surface area contributed by atoms with Crippen molar-refractivity contribution in [2.45, 2.75) is 125 Å². The average Bonchev–Trinajstić information content (AvgIpc) is 4.22. The molecular weight excluding hydrogens is 948 g/mol. The molecule has 0 amide bonds. The lowest BCUT2D eigenvalue weighted by Crippen LogP contribution is -2.28. The monoisotopic (exact) mass is 1010 g/mol. The summed E-state index contributed by atoms with van der Waals surface area (Å²) in [4.78, 5) is 0. The first kappa shape index (κ1) is 51.6. The highest BCUT2D eigenvalue weighted by atomic mass is 31.1. The van der Waals surface area contributed by atoms with Crippen molar-refractivity contribution >= 4 is 41.0 Å². The maximum atomic E-state index is 9.75. The number of hydrogen-bond acceptors (Lipinski definition) is 1. The summed E-state index contributed by atoms with van der Waals surface area (Å²) in [5.41, 5.74) is 23.3. The van der Waals surface area contributed by atoms with Gasteiger partial charge in [0.25, 0.3) is 0 Å². The van der Waals surface area contributed by atoms with Crippen LogP contribution in [0.4, 0.5) is 34.5 Å². The van der Waals surface area contributed by atoms with Gasteiger partial charge in [-0.3, -0.25) is 0 Å². The molecule has 0 radical (unpaired) electrons. The standard InChI is InChI=1S/2C27H27P.C4H8O.2BF4/c2*1-18-23-12-6-8-20-14-16-27(25(20)23)17-15-21-9-7-13-24(26(21)27)19(2)28(18)22-10-4-3-5-11-22;1-2-4-5-3-1;2*2-1(3,4)5/h2*3-13,18-19H,14-17H2,1-2H3;1-4H2;;/q;;;2*-1/p+2/t2*18-,19-,27?;;;/m11.../s1. The summed E-state index contributed by atoms with van der Waals surface area (Å²) in [6.07, 6.45) is 12.8. The maximum absolute atomic E-state index is 9.75. The normalized spacial score (nSPS) is 23.4. The van der Waals surface area contributed by atoms with Gasteiger partial charge in [0.05, 0.1) is 33.2 Å². The molecular formula is C58H64B2F8OP2. The van der Waals surface area contributed by atoms with Gasteiger partial charge < -0.3 is 39.3 Å². The summed E-state index contributed by atoms with van der Waals surface area (Å²) in [6, 6.07) is 51.7. The molecule has 1 saturated heterocycles. The van der Waals surface area contributed by atoms with Crippen molar-refractivity contribution in [1.29, 1.82) is 0 Å². The van der Waals surface area contributed by atoms with Crippen LogP contribution in [0.5, 0.6) is 0 Å². The summed E-state index contributed by atoms with van der Waals surface area (Å²) >= 11 is 0. The van der Waals surface area contributed by atoms with E-state index in [0.29, 0.717) is 33.5 Å². The molecule has 0 N–H and O–H groups in total. The molecule has 1 fully saturated rings. The van der Waals surface area contributed by atoms with E-state index in [1.54, 1.807) is 77.4 Å². The molecule has 0 saturated carbocycles. The lowest BCUT2D eigenvalue weighted by molar-refractivity contribution is 0.198. The van der Waals surface area contributed by atoms with E-state index in [0.717, 1.165) is 13.2 Å². The second kappa shape index (κ2) is 20.9. The third-order valence-corrected chi connectivity index (χ3v) is 23.7. The van der Waals surface area contributed by atoms with E-state index in [2.05, 4.69) is 161 Å². The van der Waals surface area contributed by atoms with E-state index in [1.807, 2.05) is 0 Å². The van der Waals surface area contributed by atoms with Crippen molar-refractivity contribution in [2.75, 3.05) is 13.2 Å². The fourth-order valence-corrected chi connectivity index (χ4v) is 21.1. The molecule has 71 heavy (non-hydrogen) atoms. The molecule has 3 aliphatic heterocycles. The van der Waals surface area contributed by atoms with Gasteiger partial charge in [-0.1, -0.05) is 109 Å². The molecule has 13 heteroatoms. The van der Waals surface area contributed by atoms with Gasteiger partial charge in [0, 0.05) is 39.9 Å².